The number of rotatable bonds is 6. The molecule has 2 heterocycles. The number of aromatic hydroxyl groups is 1. The molecule has 3 N–H and O–H groups in total. The average Bonchev–Trinajstić information content (AvgIpc) is 3.51. The minimum atomic E-state index is -0.317. The van der Waals surface area contributed by atoms with Crippen LogP contribution in [0.15, 0.2) is 48.8 Å². The smallest absolute Gasteiger partial charge is 0.342 e. The summed E-state index contributed by atoms with van der Waals surface area (Å²) in [4.78, 5) is 28.7. The molecule has 154 valence electrons. The zero-order valence-electron chi connectivity index (χ0n) is 16.6. The number of pyridine rings is 1. The predicted molar refractivity (Wildman–Crippen MR) is 113 cm³/mol. The van der Waals surface area contributed by atoms with Gasteiger partial charge in [-0.1, -0.05) is 6.92 Å². The largest absolute Gasteiger partial charge is 0.507 e. The first-order valence-corrected chi connectivity index (χ1v) is 9.99. The monoisotopic (exact) mass is 405 g/mol. The van der Waals surface area contributed by atoms with E-state index in [1.807, 2.05) is 13.0 Å². The van der Waals surface area contributed by atoms with Gasteiger partial charge in [-0.15, -0.1) is 0 Å². The van der Waals surface area contributed by atoms with E-state index < -0.39 is 0 Å². The quantitative estimate of drug-likeness (QED) is 0.579. The number of phenolic OH excluding ortho intramolecular Hbond substituents is 1. The van der Waals surface area contributed by atoms with E-state index >= 15 is 0 Å². The molecule has 0 saturated heterocycles. The third-order valence-corrected chi connectivity index (χ3v) is 4.91. The highest BCUT2D eigenvalue weighted by molar-refractivity contribution is 6.04. The van der Waals surface area contributed by atoms with Crippen LogP contribution >= 0.6 is 0 Å². The van der Waals surface area contributed by atoms with Crippen molar-refractivity contribution in [2.75, 3.05) is 11.9 Å². The summed E-state index contributed by atoms with van der Waals surface area (Å²) in [6.45, 7) is 2.57. The van der Waals surface area contributed by atoms with Crippen molar-refractivity contribution in [3.63, 3.8) is 0 Å². The van der Waals surface area contributed by atoms with Gasteiger partial charge in [-0.3, -0.25) is 9.78 Å². The molecule has 0 bridgehead atoms. The normalized spacial score (nSPS) is 13.1. The van der Waals surface area contributed by atoms with Crippen LogP contribution in [0.2, 0.25) is 0 Å². The molecule has 8 nitrogen and oxygen atoms in total. The highest BCUT2D eigenvalue weighted by Gasteiger charge is 2.30. The van der Waals surface area contributed by atoms with Crippen LogP contribution in [0.5, 0.6) is 5.75 Å². The predicted octanol–water partition coefficient (Wildman–Crippen LogP) is 3.75. The Kier molecular flexibility index (Phi) is 5.47. The van der Waals surface area contributed by atoms with E-state index in [2.05, 4.69) is 20.7 Å². The first kappa shape index (κ1) is 19.6. The maximum Gasteiger partial charge on any atom is 0.342 e. The molecule has 2 aromatic heterocycles. The molecule has 1 fully saturated rings. The zero-order chi connectivity index (χ0) is 21.1. The molecule has 3 aromatic rings. The number of hydrogen-bond donors (Lipinski definition) is 3. The topological polar surface area (TPSA) is 109 Å². The summed E-state index contributed by atoms with van der Waals surface area (Å²) in [7, 11) is 0. The first-order chi connectivity index (χ1) is 14.6. The number of amides is 2. The summed E-state index contributed by atoms with van der Waals surface area (Å²) in [5.74, 6) is -0.0260. The lowest BCUT2D eigenvalue weighted by molar-refractivity contribution is 0.102. The highest BCUT2D eigenvalue weighted by atomic mass is 16.3. The van der Waals surface area contributed by atoms with Crippen molar-refractivity contribution >= 4 is 17.6 Å². The summed E-state index contributed by atoms with van der Waals surface area (Å²) in [6.07, 6.45) is 5.95. The molecule has 2 amide bonds. The van der Waals surface area contributed by atoms with E-state index in [1.54, 1.807) is 30.5 Å². The number of anilines is 1. The van der Waals surface area contributed by atoms with Crippen molar-refractivity contribution in [2.24, 2.45) is 0 Å². The van der Waals surface area contributed by atoms with Crippen LogP contribution in [0, 0.1) is 0 Å². The van der Waals surface area contributed by atoms with Crippen molar-refractivity contribution in [3.8, 4) is 17.0 Å². The molecule has 0 spiro atoms. The Labute approximate surface area is 174 Å². The minimum Gasteiger partial charge on any atom is -0.507 e. The van der Waals surface area contributed by atoms with Gasteiger partial charge in [0.15, 0.2) is 0 Å². The van der Waals surface area contributed by atoms with Crippen LogP contribution in [-0.2, 0) is 0 Å². The molecule has 0 unspecified atom stereocenters. The Morgan fingerprint density at radius 3 is 2.73 bits per heavy atom. The van der Waals surface area contributed by atoms with Crippen LogP contribution in [0.25, 0.3) is 11.3 Å². The van der Waals surface area contributed by atoms with Gasteiger partial charge in [0, 0.05) is 42.2 Å². The van der Waals surface area contributed by atoms with E-state index in [4.69, 9.17) is 0 Å². The fraction of sp³-hybridized carbons (Fsp3) is 0.273. The molecule has 1 aromatic carbocycles. The summed E-state index contributed by atoms with van der Waals surface area (Å²) >= 11 is 0. The van der Waals surface area contributed by atoms with Gasteiger partial charge in [0.25, 0.3) is 5.91 Å². The van der Waals surface area contributed by atoms with E-state index in [0.717, 1.165) is 25.0 Å². The third-order valence-electron chi connectivity index (χ3n) is 4.91. The zero-order valence-corrected chi connectivity index (χ0v) is 16.6. The van der Waals surface area contributed by atoms with Crippen molar-refractivity contribution in [1.82, 2.24) is 20.1 Å². The second-order valence-electron chi connectivity index (χ2n) is 7.30. The fourth-order valence-corrected chi connectivity index (χ4v) is 3.19. The Morgan fingerprint density at radius 2 is 2.07 bits per heavy atom. The van der Waals surface area contributed by atoms with Crippen LogP contribution < -0.4 is 10.6 Å². The van der Waals surface area contributed by atoms with E-state index in [9.17, 15) is 14.7 Å². The van der Waals surface area contributed by atoms with Gasteiger partial charge < -0.3 is 15.7 Å². The van der Waals surface area contributed by atoms with Crippen LogP contribution in [0.3, 0.4) is 0 Å². The Bertz CT molecular complexity index is 1070. The van der Waals surface area contributed by atoms with Crippen LogP contribution in [0.4, 0.5) is 10.5 Å². The molecule has 8 heteroatoms. The summed E-state index contributed by atoms with van der Waals surface area (Å²) in [5.41, 5.74) is 2.75. The van der Waals surface area contributed by atoms with Gasteiger partial charge in [-0.05, 0) is 49.6 Å². The molecular weight excluding hydrogens is 382 g/mol. The van der Waals surface area contributed by atoms with Crippen LogP contribution in [-0.4, -0.2) is 38.4 Å². The van der Waals surface area contributed by atoms with Gasteiger partial charge in [0.2, 0.25) is 0 Å². The second kappa shape index (κ2) is 8.36. The molecule has 0 radical (unpaired) electrons. The number of aromatic nitrogens is 3. The van der Waals surface area contributed by atoms with Crippen molar-refractivity contribution < 1.29 is 14.7 Å². The maximum atomic E-state index is 12.5. The molecule has 1 saturated carbocycles. The molecular formula is C22H23N5O3. The third kappa shape index (κ3) is 4.17. The number of phenols is 1. The molecule has 30 heavy (non-hydrogen) atoms. The number of carbonyl (C=O) groups is 2. The summed E-state index contributed by atoms with van der Waals surface area (Å²) in [6, 6.07) is 9.77. The Morgan fingerprint density at radius 1 is 1.23 bits per heavy atom. The van der Waals surface area contributed by atoms with E-state index in [0.29, 0.717) is 35.0 Å². The summed E-state index contributed by atoms with van der Waals surface area (Å²) in [5, 5.41) is 20.6. The van der Waals surface area contributed by atoms with Gasteiger partial charge in [0.05, 0.1) is 17.0 Å². The average molecular weight is 405 g/mol. The Balaban J connectivity index is 1.57. The molecule has 1 aliphatic carbocycles. The standard InChI is InChI=1S/C22H23N5O3/c1-2-9-24-22(30)27-19(14-5-6-14)12-18(26-27)17-8-7-16(11-20(17)28)25-21(29)15-4-3-10-23-13-15/h3-4,7-8,10-14,28H,2,5-6,9H2,1H3,(H,24,30)(H,25,29). The fourth-order valence-electron chi connectivity index (χ4n) is 3.19. The van der Waals surface area contributed by atoms with Crippen molar-refractivity contribution in [3.05, 3.63) is 60.0 Å². The molecule has 0 atom stereocenters. The molecule has 1 aliphatic rings. The highest BCUT2D eigenvalue weighted by Crippen LogP contribution is 2.42. The van der Waals surface area contributed by atoms with Crippen molar-refractivity contribution in [2.45, 2.75) is 32.1 Å². The number of nitrogens with zero attached hydrogens (tertiary/aromatic N) is 3. The number of nitrogens with one attached hydrogen (secondary N) is 2. The minimum absolute atomic E-state index is 0.0278. The molecule has 4 rings (SSSR count). The number of benzene rings is 1. The number of hydrogen-bond acceptors (Lipinski definition) is 5. The lowest BCUT2D eigenvalue weighted by Crippen LogP contribution is -2.31. The van der Waals surface area contributed by atoms with Gasteiger partial charge in [-0.25, -0.2) is 4.79 Å². The number of carbonyl (C=O) groups excluding carboxylic acids is 2. The van der Waals surface area contributed by atoms with E-state index in [1.165, 1.54) is 16.9 Å². The second-order valence-corrected chi connectivity index (χ2v) is 7.30. The van der Waals surface area contributed by atoms with Gasteiger partial charge >= 0.3 is 6.03 Å². The lowest BCUT2D eigenvalue weighted by Gasteiger charge is -2.08. The lowest BCUT2D eigenvalue weighted by atomic mass is 10.1. The van der Waals surface area contributed by atoms with Crippen molar-refractivity contribution in [1.29, 1.82) is 0 Å². The Hall–Kier alpha value is -3.68. The SMILES string of the molecule is CCCNC(=O)n1nc(-c2ccc(NC(=O)c3cccnc3)cc2O)cc1C1CC1. The maximum absolute atomic E-state index is 12.5. The summed E-state index contributed by atoms with van der Waals surface area (Å²) < 4.78 is 1.40. The van der Waals surface area contributed by atoms with Gasteiger partial charge in [-0.2, -0.15) is 9.78 Å². The van der Waals surface area contributed by atoms with Gasteiger partial charge in [0.1, 0.15) is 5.75 Å². The van der Waals surface area contributed by atoms with E-state index in [-0.39, 0.29) is 17.7 Å². The van der Waals surface area contributed by atoms with Crippen LogP contribution in [0.1, 0.15) is 48.2 Å². The first-order valence-electron chi connectivity index (χ1n) is 9.99. The molecule has 0 aliphatic heterocycles.